The maximum atomic E-state index is 12.8. The molecule has 0 spiro atoms. The number of amides is 1. The molecule has 1 heterocycles. The molecule has 1 aromatic carbocycles. The highest BCUT2D eigenvalue weighted by Gasteiger charge is 2.31. The molecule has 1 saturated heterocycles. The van der Waals surface area contributed by atoms with E-state index >= 15 is 0 Å². The Balaban J connectivity index is 2.02. The number of ether oxygens (including phenoxy) is 1. The minimum absolute atomic E-state index is 0.0734. The third-order valence-corrected chi connectivity index (χ3v) is 4.24. The number of piperazine rings is 1. The van der Waals surface area contributed by atoms with Crippen LogP contribution in [0.3, 0.4) is 0 Å². The molecule has 0 saturated carbocycles. The number of halogens is 5. The zero-order valence-corrected chi connectivity index (χ0v) is 13.8. The molecule has 0 unspecified atom stereocenters. The van der Waals surface area contributed by atoms with Crippen LogP contribution in [0, 0.1) is 0 Å². The molecule has 0 aromatic heterocycles. The normalized spacial score (nSPS) is 16.3. The number of nitrogens with zero attached hydrogens (tertiary/aromatic N) is 2. The summed E-state index contributed by atoms with van der Waals surface area (Å²) in [6.45, 7) is -1.47. The Bertz CT molecular complexity index is 616. The monoisotopic (exact) mass is 382 g/mol. The molecule has 1 aromatic rings. The average molecular weight is 382 g/mol. The van der Waals surface area contributed by atoms with Gasteiger partial charge in [0.1, 0.15) is 0 Å². The van der Waals surface area contributed by atoms with Gasteiger partial charge in [-0.1, -0.05) is 6.07 Å². The number of rotatable bonds is 6. The van der Waals surface area contributed by atoms with E-state index in [0.717, 1.165) is 12.1 Å². The molecule has 26 heavy (non-hydrogen) atoms. The Morgan fingerprint density at radius 1 is 1.15 bits per heavy atom. The second-order valence-electron chi connectivity index (χ2n) is 5.91. The standard InChI is InChI=1S/C16H19F5N2O3/c17-14(18)26-10-12-9-13(16(19,20)21)2-1-11(12)3-4-22-5-7-23(8-6-22)15(24)25/h1-2,9,14H,3-8,10H2,(H,24,25). The molecule has 1 N–H and O–H groups in total. The minimum Gasteiger partial charge on any atom is -0.465 e. The van der Waals surface area contributed by atoms with Gasteiger partial charge < -0.3 is 14.7 Å². The molecular formula is C16H19F5N2O3. The smallest absolute Gasteiger partial charge is 0.416 e. The summed E-state index contributed by atoms with van der Waals surface area (Å²) in [4.78, 5) is 14.1. The molecule has 10 heteroatoms. The van der Waals surface area contributed by atoms with E-state index in [1.54, 1.807) is 0 Å². The molecular weight excluding hydrogens is 363 g/mol. The van der Waals surface area contributed by atoms with E-state index in [1.165, 1.54) is 11.0 Å². The highest BCUT2D eigenvalue weighted by atomic mass is 19.4. The lowest BCUT2D eigenvalue weighted by Gasteiger charge is -2.33. The van der Waals surface area contributed by atoms with Gasteiger partial charge in [0.2, 0.25) is 0 Å². The fourth-order valence-electron chi connectivity index (χ4n) is 2.77. The summed E-state index contributed by atoms with van der Waals surface area (Å²) >= 11 is 0. The van der Waals surface area contributed by atoms with Crippen molar-refractivity contribution < 1.29 is 36.6 Å². The number of hydrogen-bond donors (Lipinski definition) is 1. The molecule has 0 radical (unpaired) electrons. The van der Waals surface area contributed by atoms with E-state index in [-0.39, 0.29) is 5.56 Å². The zero-order chi connectivity index (χ0) is 19.3. The minimum atomic E-state index is -4.56. The van der Waals surface area contributed by atoms with Crippen LogP contribution in [0.2, 0.25) is 0 Å². The van der Waals surface area contributed by atoms with Crippen LogP contribution in [-0.4, -0.2) is 60.3 Å². The van der Waals surface area contributed by atoms with Gasteiger partial charge in [-0.3, -0.25) is 4.90 Å². The van der Waals surface area contributed by atoms with Gasteiger partial charge in [0.25, 0.3) is 0 Å². The zero-order valence-electron chi connectivity index (χ0n) is 13.8. The first-order valence-corrected chi connectivity index (χ1v) is 7.96. The van der Waals surface area contributed by atoms with Gasteiger partial charge in [-0.25, -0.2) is 4.79 Å². The van der Waals surface area contributed by atoms with E-state index in [4.69, 9.17) is 5.11 Å². The summed E-state index contributed by atoms with van der Waals surface area (Å²) in [5.74, 6) is 0. The Hall–Kier alpha value is -1.94. The van der Waals surface area contributed by atoms with Crippen molar-refractivity contribution in [3.05, 3.63) is 34.9 Å². The molecule has 0 aliphatic carbocycles. The average Bonchev–Trinajstić information content (AvgIpc) is 2.57. The lowest BCUT2D eigenvalue weighted by Crippen LogP contribution is -2.48. The van der Waals surface area contributed by atoms with Crippen molar-refractivity contribution >= 4 is 6.09 Å². The number of hydrogen-bond acceptors (Lipinski definition) is 3. The third-order valence-electron chi connectivity index (χ3n) is 4.24. The van der Waals surface area contributed by atoms with Crippen molar-refractivity contribution in [3.8, 4) is 0 Å². The fraction of sp³-hybridized carbons (Fsp3) is 0.562. The van der Waals surface area contributed by atoms with Crippen LogP contribution in [0.5, 0.6) is 0 Å². The molecule has 1 fully saturated rings. The van der Waals surface area contributed by atoms with Crippen LogP contribution in [0.25, 0.3) is 0 Å². The molecule has 2 rings (SSSR count). The van der Waals surface area contributed by atoms with Crippen molar-refractivity contribution in [3.63, 3.8) is 0 Å². The summed E-state index contributed by atoms with van der Waals surface area (Å²) in [6, 6.07) is 3.03. The quantitative estimate of drug-likeness (QED) is 0.768. The Kier molecular flexibility index (Phi) is 6.76. The summed E-state index contributed by atoms with van der Waals surface area (Å²) < 4.78 is 67.2. The maximum Gasteiger partial charge on any atom is 0.416 e. The number of alkyl halides is 5. The first kappa shape index (κ1) is 20.4. The van der Waals surface area contributed by atoms with Gasteiger partial charge in [-0.2, -0.15) is 22.0 Å². The fourth-order valence-corrected chi connectivity index (χ4v) is 2.77. The number of carbonyl (C=O) groups is 1. The van der Waals surface area contributed by atoms with E-state index in [1.807, 2.05) is 4.90 Å². The molecule has 1 amide bonds. The molecule has 1 aliphatic heterocycles. The number of benzene rings is 1. The summed E-state index contributed by atoms with van der Waals surface area (Å²) in [5.41, 5.74) is -0.340. The molecule has 146 valence electrons. The Morgan fingerprint density at radius 2 is 1.81 bits per heavy atom. The van der Waals surface area contributed by atoms with Crippen LogP contribution < -0.4 is 0 Å². The van der Waals surface area contributed by atoms with Crippen molar-refractivity contribution in [2.24, 2.45) is 0 Å². The van der Waals surface area contributed by atoms with Gasteiger partial charge in [0.15, 0.2) is 0 Å². The lowest BCUT2D eigenvalue weighted by molar-refractivity contribution is -0.139. The maximum absolute atomic E-state index is 12.8. The summed E-state index contributed by atoms with van der Waals surface area (Å²) in [7, 11) is 0. The van der Waals surface area contributed by atoms with Gasteiger partial charge in [0, 0.05) is 32.7 Å². The van der Waals surface area contributed by atoms with Crippen LogP contribution in [0.1, 0.15) is 16.7 Å². The highest BCUT2D eigenvalue weighted by molar-refractivity contribution is 5.65. The summed E-state index contributed by atoms with van der Waals surface area (Å²) in [5, 5.41) is 8.90. The lowest BCUT2D eigenvalue weighted by atomic mass is 10.0. The highest BCUT2D eigenvalue weighted by Crippen LogP contribution is 2.31. The van der Waals surface area contributed by atoms with Gasteiger partial charge >= 0.3 is 18.9 Å². The summed E-state index contributed by atoms with van der Waals surface area (Å²) in [6.07, 6.45) is -5.20. The van der Waals surface area contributed by atoms with Crippen molar-refractivity contribution in [1.29, 1.82) is 0 Å². The van der Waals surface area contributed by atoms with E-state index < -0.39 is 31.1 Å². The molecule has 5 nitrogen and oxygen atoms in total. The predicted molar refractivity (Wildman–Crippen MR) is 82.0 cm³/mol. The van der Waals surface area contributed by atoms with Crippen LogP contribution >= 0.6 is 0 Å². The van der Waals surface area contributed by atoms with Crippen molar-refractivity contribution in [1.82, 2.24) is 9.80 Å². The van der Waals surface area contributed by atoms with Gasteiger partial charge in [0.05, 0.1) is 12.2 Å². The van der Waals surface area contributed by atoms with E-state index in [2.05, 4.69) is 4.74 Å². The SMILES string of the molecule is O=C(O)N1CCN(CCc2ccc(C(F)(F)F)cc2COC(F)F)CC1. The predicted octanol–water partition coefficient (Wildman–Crippen LogP) is 3.28. The van der Waals surface area contributed by atoms with Gasteiger partial charge in [-0.15, -0.1) is 0 Å². The molecule has 1 aliphatic rings. The third kappa shape index (κ3) is 5.80. The molecule has 0 bridgehead atoms. The first-order valence-electron chi connectivity index (χ1n) is 7.96. The topological polar surface area (TPSA) is 53.0 Å². The Labute approximate surface area is 146 Å². The van der Waals surface area contributed by atoms with Crippen molar-refractivity contribution in [2.75, 3.05) is 32.7 Å². The second kappa shape index (κ2) is 8.63. The first-order chi connectivity index (χ1) is 12.2. The largest absolute Gasteiger partial charge is 0.465 e. The van der Waals surface area contributed by atoms with E-state index in [0.29, 0.717) is 44.7 Å². The van der Waals surface area contributed by atoms with E-state index in [9.17, 15) is 26.7 Å². The van der Waals surface area contributed by atoms with Crippen LogP contribution in [0.4, 0.5) is 26.7 Å². The van der Waals surface area contributed by atoms with Crippen LogP contribution in [-0.2, 0) is 23.9 Å². The van der Waals surface area contributed by atoms with Crippen LogP contribution in [0.15, 0.2) is 18.2 Å². The second-order valence-corrected chi connectivity index (χ2v) is 5.91. The van der Waals surface area contributed by atoms with Gasteiger partial charge in [-0.05, 0) is 29.7 Å². The van der Waals surface area contributed by atoms with Crippen molar-refractivity contribution in [2.45, 2.75) is 25.8 Å². The Morgan fingerprint density at radius 3 is 2.35 bits per heavy atom. The number of carboxylic acid groups (broad SMARTS) is 1. The molecule has 0 atom stereocenters.